The lowest BCUT2D eigenvalue weighted by Crippen LogP contribution is -2.50. The molecule has 0 aliphatic carbocycles. The van der Waals surface area contributed by atoms with Gasteiger partial charge in [-0.05, 0) is 54.7 Å². The van der Waals surface area contributed by atoms with Crippen molar-refractivity contribution in [3.63, 3.8) is 0 Å². The summed E-state index contributed by atoms with van der Waals surface area (Å²) in [6.07, 6.45) is 0.516. The van der Waals surface area contributed by atoms with E-state index in [1.54, 1.807) is 29.2 Å². The van der Waals surface area contributed by atoms with Gasteiger partial charge in [0.05, 0.1) is 0 Å². The van der Waals surface area contributed by atoms with E-state index in [4.69, 9.17) is 16.3 Å². The molecule has 0 heterocycles. The normalized spacial score (nSPS) is 11.8. The van der Waals surface area contributed by atoms with E-state index >= 15 is 0 Å². The topological polar surface area (TPSA) is 58.6 Å². The lowest BCUT2D eigenvalue weighted by Gasteiger charge is -2.31. The van der Waals surface area contributed by atoms with Gasteiger partial charge < -0.3 is 15.0 Å². The number of rotatable bonds is 10. The van der Waals surface area contributed by atoms with Gasteiger partial charge in [-0.25, -0.2) is 0 Å². The van der Waals surface area contributed by atoms with E-state index in [-0.39, 0.29) is 18.4 Å². The van der Waals surface area contributed by atoms with E-state index < -0.39 is 6.04 Å². The predicted octanol–water partition coefficient (Wildman–Crippen LogP) is 4.61. The van der Waals surface area contributed by atoms with Crippen LogP contribution in [-0.2, 0) is 16.1 Å². The summed E-state index contributed by atoms with van der Waals surface area (Å²) >= 11 is 5.90. The maximum absolute atomic E-state index is 13.1. The van der Waals surface area contributed by atoms with Gasteiger partial charge in [0.1, 0.15) is 11.8 Å². The van der Waals surface area contributed by atoms with Crippen LogP contribution in [0.2, 0.25) is 5.02 Å². The molecule has 0 aliphatic heterocycles. The van der Waals surface area contributed by atoms with Crippen LogP contribution < -0.4 is 10.1 Å². The van der Waals surface area contributed by atoms with Gasteiger partial charge in [0.15, 0.2) is 6.61 Å². The summed E-state index contributed by atoms with van der Waals surface area (Å²) < 4.78 is 5.66. The van der Waals surface area contributed by atoms with Gasteiger partial charge in [0.2, 0.25) is 5.91 Å². The average molecular weight is 431 g/mol. The Bertz CT molecular complexity index is 837. The first kappa shape index (κ1) is 23.7. The summed E-state index contributed by atoms with van der Waals surface area (Å²) in [5.74, 6) is 0.514. The van der Waals surface area contributed by atoms with Crippen molar-refractivity contribution in [1.82, 2.24) is 10.2 Å². The molecule has 0 aliphatic rings. The Morgan fingerprint density at radius 3 is 2.37 bits per heavy atom. The largest absolute Gasteiger partial charge is 0.484 e. The molecule has 5 nitrogen and oxygen atoms in total. The third-order valence-electron chi connectivity index (χ3n) is 4.85. The Labute approximate surface area is 184 Å². The molecule has 0 aromatic heterocycles. The zero-order valence-electron chi connectivity index (χ0n) is 18.2. The van der Waals surface area contributed by atoms with Gasteiger partial charge >= 0.3 is 0 Å². The van der Waals surface area contributed by atoms with Gasteiger partial charge in [-0.15, -0.1) is 0 Å². The molecule has 2 aromatic rings. The van der Waals surface area contributed by atoms with Gasteiger partial charge in [0.25, 0.3) is 5.91 Å². The standard InChI is InChI=1S/C24H31ClN2O3/c1-5-22(24(29)26-14-17(2)3)27(15-19-9-7-6-8-18(19)4)23(28)16-30-21-12-10-20(25)11-13-21/h6-13,17,22H,5,14-16H2,1-4H3,(H,26,29)/t22-/m1/s1. The highest BCUT2D eigenvalue weighted by atomic mass is 35.5. The maximum Gasteiger partial charge on any atom is 0.261 e. The molecule has 0 radical (unpaired) electrons. The van der Waals surface area contributed by atoms with Crippen molar-refractivity contribution in [1.29, 1.82) is 0 Å². The summed E-state index contributed by atoms with van der Waals surface area (Å²) in [6, 6.07) is 14.2. The highest BCUT2D eigenvalue weighted by molar-refractivity contribution is 6.30. The minimum atomic E-state index is -0.565. The molecule has 30 heavy (non-hydrogen) atoms. The number of hydrogen-bond acceptors (Lipinski definition) is 3. The molecule has 162 valence electrons. The Hall–Kier alpha value is -2.53. The second kappa shape index (κ2) is 11.6. The molecule has 0 fully saturated rings. The minimum absolute atomic E-state index is 0.139. The molecule has 1 atom stereocenters. The molecule has 2 amide bonds. The van der Waals surface area contributed by atoms with Crippen LogP contribution in [0.1, 0.15) is 38.3 Å². The number of aryl methyl sites for hydroxylation is 1. The summed E-state index contributed by atoms with van der Waals surface area (Å²) in [6.45, 7) is 8.77. The number of nitrogens with zero attached hydrogens (tertiary/aromatic N) is 1. The predicted molar refractivity (Wildman–Crippen MR) is 121 cm³/mol. The first-order valence-electron chi connectivity index (χ1n) is 10.3. The fraction of sp³-hybridized carbons (Fsp3) is 0.417. The SMILES string of the molecule is CC[C@H](C(=O)NCC(C)C)N(Cc1ccccc1C)C(=O)COc1ccc(Cl)cc1. The molecular weight excluding hydrogens is 400 g/mol. The molecule has 0 bridgehead atoms. The Morgan fingerprint density at radius 1 is 1.10 bits per heavy atom. The van der Waals surface area contributed by atoms with Gasteiger partial charge in [-0.3, -0.25) is 9.59 Å². The van der Waals surface area contributed by atoms with E-state index in [2.05, 4.69) is 5.32 Å². The third kappa shape index (κ3) is 7.06. The van der Waals surface area contributed by atoms with Crippen LogP contribution in [0.3, 0.4) is 0 Å². The van der Waals surface area contributed by atoms with Crippen LogP contribution in [0.5, 0.6) is 5.75 Å². The van der Waals surface area contributed by atoms with Crippen LogP contribution in [0.4, 0.5) is 0 Å². The molecule has 2 rings (SSSR count). The number of carbonyl (C=O) groups excluding carboxylic acids is 2. The number of benzene rings is 2. The van der Waals surface area contributed by atoms with Crippen molar-refractivity contribution in [2.24, 2.45) is 5.92 Å². The third-order valence-corrected chi connectivity index (χ3v) is 5.10. The summed E-state index contributed by atoms with van der Waals surface area (Å²) in [7, 11) is 0. The van der Waals surface area contributed by atoms with Gasteiger partial charge in [-0.2, -0.15) is 0 Å². The number of amides is 2. The second-order valence-corrected chi connectivity index (χ2v) is 8.19. The van der Waals surface area contributed by atoms with E-state index in [9.17, 15) is 9.59 Å². The zero-order valence-corrected chi connectivity index (χ0v) is 18.9. The Morgan fingerprint density at radius 2 is 1.77 bits per heavy atom. The van der Waals surface area contributed by atoms with E-state index in [0.717, 1.165) is 11.1 Å². The van der Waals surface area contributed by atoms with Gasteiger partial charge in [-0.1, -0.05) is 56.6 Å². The maximum atomic E-state index is 13.1. The summed E-state index contributed by atoms with van der Waals surface area (Å²) in [4.78, 5) is 27.6. The molecule has 6 heteroatoms. The Balaban J connectivity index is 2.19. The van der Waals surface area contributed by atoms with Crippen LogP contribution in [0.25, 0.3) is 0 Å². The number of carbonyl (C=O) groups is 2. The van der Waals surface area contributed by atoms with Crippen molar-refractivity contribution in [3.05, 3.63) is 64.7 Å². The summed E-state index contributed by atoms with van der Waals surface area (Å²) in [5.41, 5.74) is 2.08. The first-order valence-corrected chi connectivity index (χ1v) is 10.7. The van der Waals surface area contributed by atoms with Crippen molar-refractivity contribution >= 4 is 23.4 Å². The highest BCUT2D eigenvalue weighted by Crippen LogP contribution is 2.18. The molecule has 0 saturated heterocycles. The number of hydrogen-bond donors (Lipinski definition) is 1. The molecule has 0 saturated carbocycles. The highest BCUT2D eigenvalue weighted by Gasteiger charge is 2.29. The monoisotopic (exact) mass is 430 g/mol. The molecule has 2 aromatic carbocycles. The van der Waals surface area contributed by atoms with Crippen LogP contribution in [0, 0.1) is 12.8 Å². The minimum Gasteiger partial charge on any atom is -0.484 e. The van der Waals surface area contributed by atoms with Crippen molar-refractivity contribution in [2.45, 2.75) is 46.7 Å². The quantitative estimate of drug-likeness (QED) is 0.598. The zero-order chi connectivity index (χ0) is 22.1. The fourth-order valence-corrected chi connectivity index (χ4v) is 3.20. The van der Waals surface area contributed by atoms with Crippen LogP contribution in [0.15, 0.2) is 48.5 Å². The summed E-state index contributed by atoms with van der Waals surface area (Å²) in [5, 5.41) is 3.56. The lowest BCUT2D eigenvalue weighted by atomic mass is 10.1. The van der Waals surface area contributed by atoms with Crippen molar-refractivity contribution in [2.75, 3.05) is 13.2 Å². The van der Waals surface area contributed by atoms with Crippen LogP contribution >= 0.6 is 11.6 Å². The molecule has 0 unspecified atom stereocenters. The first-order chi connectivity index (χ1) is 14.3. The second-order valence-electron chi connectivity index (χ2n) is 7.75. The molecular formula is C24H31ClN2O3. The molecule has 0 spiro atoms. The van der Waals surface area contributed by atoms with Crippen molar-refractivity contribution < 1.29 is 14.3 Å². The number of ether oxygens (including phenoxy) is 1. The molecule has 1 N–H and O–H groups in total. The number of nitrogens with one attached hydrogen (secondary N) is 1. The Kier molecular flexibility index (Phi) is 9.18. The lowest BCUT2D eigenvalue weighted by molar-refractivity contribution is -0.143. The smallest absolute Gasteiger partial charge is 0.261 e. The number of halogens is 1. The van der Waals surface area contributed by atoms with Crippen LogP contribution in [-0.4, -0.2) is 35.9 Å². The van der Waals surface area contributed by atoms with Crippen molar-refractivity contribution in [3.8, 4) is 5.75 Å². The van der Waals surface area contributed by atoms with E-state index in [1.807, 2.05) is 52.0 Å². The van der Waals surface area contributed by atoms with E-state index in [0.29, 0.717) is 36.2 Å². The van der Waals surface area contributed by atoms with E-state index in [1.165, 1.54) is 0 Å². The fourth-order valence-electron chi connectivity index (χ4n) is 3.07. The van der Waals surface area contributed by atoms with Gasteiger partial charge in [0, 0.05) is 18.1 Å². The average Bonchev–Trinajstić information content (AvgIpc) is 2.72.